The van der Waals surface area contributed by atoms with Crippen molar-refractivity contribution in [2.45, 2.75) is 26.7 Å². The highest BCUT2D eigenvalue weighted by Gasteiger charge is 2.13. The summed E-state index contributed by atoms with van der Waals surface area (Å²) in [6.07, 6.45) is 2.66. The highest BCUT2D eigenvalue weighted by molar-refractivity contribution is 6.14. The summed E-state index contributed by atoms with van der Waals surface area (Å²) in [5.74, 6) is 0.281. The lowest BCUT2D eigenvalue weighted by molar-refractivity contribution is -0.108. The monoisotopic (exact) mass is 345 g/mol. The zero-order valence-electron chi connectivity index (χ0n) is 15.2. The molecular weight excluding hydrogens is 322 g/mol. The van der Waals surface area contributed by atoms with E-state index in [9.17, 15) is 9.59 Å². The Bertz CT molecular complexity index is 923. The largest absolute Gasteiger partial charge is 0.295 e. The van der Waals surface area contributed by atoms with Gasteiger partial charge in [-0.3, -0.25) is 14.9 Å². The van der Waals surface area contributed by atoms with Crippen LogP contribution in [0.3, 0.4) is 0 Å². The Hall–Kier alpha value is -2.94. The first kappa shape index (κ1) is 17.9. The standard InChI is InChI=1S/C23H23NO2/c1-3-16(2)14-17-10-12-18(13-11-17)20-8-4-6-19-7-5-9-21(22(19)20)23(26)24-15-25/h4-13,15-16H,3,14H2,1-2H3,(H,24,25,26). The smallest absolute Gasteiger partial charge is 0.258 e. The van der Waals surface area contributed by atoms with Crippen molar-refractivity contribution in [3.05, 3.63) is 71.8 Å². The third-order valence-electron chi connectivity index (χ3n) is 4.89. The average Bonchev–Trinajstić information content (AvgIpc) is 2.67. The van der Waals surface area contributed by atoms with Gasteiger partial charge >= 0.3 is 0 Å². The Morgan fingerprint density at radius 1 is 1.04 bits per heavy atom. The van der Waals surface area contributed by atoms with Crippen molar-refractivity contribution in [2.24, 2.45) is 5.92 Å². The molecule has 3 heteroatoms. The van der Waals surface area contributed by atoms with Crippen molar-refractivity contribution in [2.75, 3.05) is 0 Å². The lowest BCUT2D eigenvalue weighted by Crippen LogP contribution is -2.21. The average molecular weight is 345 g/mol. The molecule has 0 fully saturated rings. The first-order valence-electron chi connectivity index (χ1n) is 8.99. The molecule has 3 aromatic carbocycles. The minimum Gasteiger partial charge on any atom is -0.295 e. The van der Waals surface area contributed by atoms with E-state index in [2.05, 4.69) is 43.4 Å². The molecule has 0 saturated heterocycles. The van der Waals surface area contributed by atoms with Crippen LogP contribution in [0.4, 0.5) is 0 Å². The minimum atomic E-state index is -0.383. The topological polar surface area (TPSA) is 46.2 Å². The Morgan fingerprint density at radius 3 is 2.38 bits per heavy atom. The summed E-state index contributed by atoms with van der Waals surface area (Å²) < 4.78 is 0. The van der Waals surface area contributed by atoms with Crippen LogP contribution in [0.5, 0.6) is 0 Å². The number of rotatable bonds is 6. The van der Waals surface area contributed by atoms with E-state index < -0.39 is 0 Å². The first-order valence-corrected chi connectivity index (χ1v) is 8.99. The molecule has 1 unspecified atom stereocenters. The Morgan fingerprint density at radius 2 is 1.73 bits per heavy atom. The molecule has 0 heterocycles. The molecule has 0 bridgehead atoms. The fraction of sp³-hybridized carbons (Fsp3) is 0.217. The Balaban J connectivity index is 2.07. The van der Waals surface area contributed by atoms with E-state index in [1.807, 2.05) is 30.3 Å². The zero-order valence-corrected chi connectivity index (χ0v) is 15.2. The van der Waals surface area contributed by atoms with Gasteiger partial charge < -0.3 is 0 Å². The van der Waals surface area contributed by atoms with Gasteiger partial charge in [0.2, 0.25) is 6.41 Å². The highest BCUT2D eigenvalue weighted by Crippen LogP contribution is 2.31. The summed E-state index contributed by atoms with van der Waals surface area (Å²) in [6, 6.07) is 20.1. The Kier molecular flexibility index (Phi) is 5.47. The SMILES string of the molecule is CCC(C)Cc1ccc(-c2cccc3cccc(C(=O)NC=O)c23)cc1. The number of fused-ring (bicyclic) bond motifs is 1. The maximum Gasteiger partial charge on any atom is 0.258 e. The van der Waals surface area contributed by atoms with Gasteiger partial charge in [0, 0.05) is 10.9 Å². The zero-order chi connectivity index (χ0) is 18.5. The second kappa shape index (κ2) is 7.96. The molecule has 132 valence electrons. The van der Waals surface area contributed by atoms with Crippen molar-refractivity contribution < 1.29 is 9.59 Å². The van der Waals surface area contributed by atoms with Crippen LogP contribution >= 0.6 is 0 Å². The molecule has 0 spiro atoms. The summed E-state index contributed by atoms with van der Waals surface area (Å²) in [6.45, 7) is 4.47. The molecule has 1 N–H and O–H groups in total. The summed E-state index contributed by atoms with van der Waals surface area (Å²) in [5.41, 5.74) is 3.89. The van der Waals surface area contributed by atoms with Gasteiger partial charge in [-0.2, -0.15) is 0 Å². The van der Waals surface area contributed by atoms with Crippen LogP contribution in [0.25, 0.3) is 21.9 Å². The van der Waals surface area contributed by atoms with E-state index in [0.29, 0.717) is 17.9 Å². The van der Waals surface area contributed by atoms with Crippen molar-refractivity contribution in [3.8, 4) is 11.1 Å². The van der Waals surface area contributed by atoms with Crippen molar-refractivity contribution in [1.29, 1.82) is 0 Å². The highest BCUT2D eigenvalue weighted by atomic mass is 16.2. The number of hydrogen-bond donors (Lipinski definition) is 1. The van der Waals surface area contributed by atoms with Crippen LogP contribution in [0, 0.1) is 5.92 Å². The minimum absolute atomic E-state index is 0.383. The molecule has 0 aliphatic carbocycles. The Labute approximate surface area is 154 Å². The van der Waals surface area contributed by atoms with Gasteiger partial charge in [0.1, 0.15) is 0 Å². The summed E-state index contributed by atoms with van der Waals surface area (Å²) >= 11 is 0. The predicted molar refractivity (Wildman–Crippen MR) is 106 cm³/mol. The molecule has 0 saturated carbocycles. The van der Waals surface area contributed by atoms with E-state index in [0.717, 1.165) is 28.3 Å². The third-order valence-corrected chi connectivity index (χ3v) is 4.89. The predicted octanol–water partition coefficient (Wildman–Crippen LogP) is 4.98. The number of carbonyl (C=O) groups is 2. The number of benzene rings is 3. The normalized spacial score (nSPS) is 11.9. The van der Waals surface area contributed by atoms with Crippen molar-refractivity contribution in [1.82, 2.24) is 5.32 Å². The quantitative estimate of drug-likeness (QED) is 0.640. The van der Waals surface area contributed by atoms with Gasteiger partial charge in [0.15, 0.2) is 0 Å². The first-order chi connectivity index (χ1) is 12.6. The number of amides is 2. The van der Waals surface area contributed by atoms with Gasteiger partial charge in [-0.1, -0.05) is 74.9 Å². The van der Waals surface area contributed by atoms with E-state index in [1.165, 1.54) is 12.0 Å². The maximum absolute atomic E-state index is 12.3. The number of imide groups is 1. The molecule has 1 atom stereocenters. The molecule has 26 heavy (non-hydrogen) atoms. The lowest BCUT2D eigenvalue weighted by atomic mass is 9.92. The molecule has 3 aromatic rings. The van der Waals surface area contributed by atoms with Gasteiger partial charge in [-0.15, -0.1) is 0 Å². The molecule has 2 amide bonds. The molecule has 0 aromatic heterocycles. The van der Waals surface area contributed by atoms with Crippen LogP contribution in [0.15, 0.2) is 60.7 Å². The molecule has 0 aliphatic heterocycles. The van der Waals surface area contributed by atoms with Crippen LogP contribution in [0.1, 0.15) is 36.2 Å². The van der Waals surface area contributed by atoms with Crippen molar-refractivity contribution in [3.63, 3.8) is 0 Å². The fourth-order valence-electron chi connectivity index (χ4n) is 3.27. The van der Waals surface area contributed by atoms with Gasteiger partial charge in [-0.05, 0) is 40.5 Å². The van der Waals surface area contributed by atoms with E-state index >= 15 is 0 Å². The van der Waals surface area contributed by atoms with Crippen LogP contribution in [-0.2, 0) is 11.2 Å². The molecular formula is C23H23NO2. The van der Waals surface area contributed by atoms with E-state index in [1.54, 1.807) is 6.07 Å². The van der Waals surface area contributed by atoms with Gasteiger partial charge in [-0.25, -0.2) is 0 Å². The summed E-state index contributed by atoms with van der Waals surface area (Å²) in [5, 5.41) is 4.09. The number of hydrogen-bond acceptors (Lipinski definition) is 2. The van der Waals surface area contributed by atoms with Crippen LogP contribution in [-0.4, -0.2) is 12.3 Å². The van der Waals surface area contributed by atoms with Gasteiger partial charge in [0.25, 0.3) is 5.91 Å². The van der Waals surface area contributed by atoms with Crippen LogP contribution < -0.4 is 5.32 Å². The summed E-state index contributed by atoms with van der Waals surface area (Å²) in [4.78, 5) is 23.0. The summed E-state index contributed by atoms with van der Waals surface area (Å²) in [7, 11) is 0. The van der Waals surface area contributed by atoms with Gasteiger partial charge in [0.05, 0.1) is 0 Å². The second-order valence-corrected chi connectivity index (χ2v) is 6.72. The maximum atomic E-state index is 12.3. The fourth-order valence-corrected chi connectivity index (χ4v) is 3.27. The van der Waals surface area contributed by atoms with Crippen LogP contribution in [0.2, 0.25) is 0 Å². The number of carbonyl (C=O) groups excluding carboxylic acids is 2. The molecule has 0 radical (unpaired) electrons. The lowest BCUT2D eigenvalue weighted by Gasteiger charge is -2.12. The molecule has 0 aliphatic rings. The van der Waals surface area contributed by atoms with E-state index in [4.69, 9.17) is 0 Å². The molecule has 3 nitrogen and oxygen atoms in total. The van der Waals surface area contributed by atoms with E-state index in [-0.39, 0.29) is 5.91 Å². The second-order valence-electron chi connectivity index (χ2n) is 6.72. The van der Waals surface area contributed by atoms with Crippen molar-refractivity contribution >= 4 is 23.1 Å². The molecule has 3 rings (SSSR count). The number of nitrogens with one attached hydrogen (secondary N) is 1. The third kappa shape index (κ3) is 3.67.